The molecule has 2 aliphatic rings. The largest absolute Gasteiger partial charge is 0.481 e. The molecular weight excluding hydrogens is 985 g/mol. The first-order valence-corrected chi connectivity index (χ1v) is 23.2. The lowest BCUT2D eigenvalue weighted by molar-refractivity contribution is -0.154. The molecule has 1 aromatic carbocycles. The summed E-state index contributed by atoms with van der Waals surface area (Å²) in [7, 11) is 1.60. The summed E-state index contributed by atoms with van der Waals surface area (Å²) in [6, 6.07) is -7.78. The fourth-order valence-corrected chi connectivity index (χ4v) is 7.11. The van der Waals surface area contributed by atoms with E-state index in [1.54, 1.807) is 7.05 Å². The van der Waals surface area contributed by atoms with E-state index in [0.717, 1.165) is 6.92 Å². The molecule has 18 N–H and O–H groups in total. The number of carboxylic acid groups (broad SMARTS) is 2. The van der Waals surface area contributed by atoms with Gasteiger partial charge in [-0.05, 0) is 58.8 Å². The van der Waals surface area contributed by atoms with E-state index in [2.05, 4.69) is 53.2 Å². The number of ketones is 1. The number of ether oxygens (including phenoxy) is 1. The van der Waals surface area contributed by atoms with Crippen LogP contribution in [0.5, 0.6) is 0 Å². The number of para-hydroxylation sites is 1. The third kappa shape index (κ3) is 19.6. The van der Waals surface area contributed by atoms with Crippen molar-refractivity contribution in [1.82, 2.24) is 53.2 Å². The number of amides is 9. The number of Topliss-reactive ketones (excluding diaryl/α,β-unsaturated/α-hetero) is 1. The maximum atomic E-state index is 13.9. The van der Waals surface area contributed by atoms with Crippen LogP contribution in [0.1, 0.15) is 69.2 Å². The molecule has 1 aromatic rings. The maximum Gasteiger partial charge on any atom is 0.329 e. The summed E-state index contributed by atoms with van der Waals surface area (Å²) in [6.07, 6.45) is -5.89. The van der Waals surface area contributed by atoms with E-state index in [-0.39, 0.29) is 30.5 Å². The number of esters is 1. The average Bonchev–Trinajstić information content (AvgIpc) is 4.06. The summed E-state index contributed by atoms with van der Waals surface area (Å²) in [5.41, 5.74) is 12.1. The molecule has 1 aliphatic carbocycles. The van der Waals surface area contributed by atoms with Crippen LogP contribution in [-0.2, 0) is 62.3 Å². The van der Waals surface area contributed by atoms with Crippen molar-refractivity contribution in [3.05, 3.63) is 29.8 Å². The van der Waals surface area contributed by atoms with Crippen LogP contribution in [0.15, 0.2) is 24.3 Å². The highest BCUT2D eigenvalue weighted by molar-refractivity contribution is 6.04. The molecular formula is C44H64N12O18. The monoisotopic (exact) mass is 1050 g/mol. The molecule has 11 unspecified atom stereocenters. The van der Waals surface area contributed by atoms with Gasteiger partial charge in [0, 0.05) is 30.0 Å². The van der Waals surface area contributed by atoms with Gasteiger partial charge in [-0.1, -0.05) is 12.1 Å². The van der Waals surface area contributed by atoms with Gasteiger partial charge in [0.2, 0.25) is 53.2 Å². The minimum absolute atomic E-state index is 0.0152. The molecule has 0 spiro atoms. The zero-order valence-corrected chi connectivity index (χ0v) is 40.6. The highest BCUT2D eigenvalue weighted by Crippen LogP contribution is 2.34. The van der Waals surface area contributed by atoms with Crippen LogP contribution in [0.4, 0.5) is 5.69 Å². The van der Waals surface area contributed by atoms with Gasteiger partial charge in [0.1, 0.15) is 48.4 Å². The van der Waals surface area contributed by atoms with Gasteiger partial charge >= 0.3 is 17.9 Å². The Kier molecular flexibility index (Phi) is 23.7. The molecule has 9 amide bonds. The van der Waals surface area contributed by atoms with Crippen LogP contribution in [-0.4, -0.2) is 191 Å². The van der Waals surface area contributed by atoms with Crippen molar-refractivity contribution in [3.8, 4) is 0 Å². The minimum atomic E-state index is -1.93. The van der Waals surface area contributed by atoms with Gasteiger partial charge in [0.25, 0.3) is 0 Å². The Morgan fingerprint density at radius 3 is 1.80 bits per heavy atom. The second-order valence-electron chi connectivity index (χ2n) is 17.5. The van der Waals surface area contributed by atoms with Crippen molar-refractivity contribution in [3.63, 3.8) is 0 Å². The van der Waals surface area contributed by atoms with Gasteiger partial charge in [-0.3, -0.25) is 57.5 Å². The molecule has 0 bridgehead atoms. The molecule has 0 aromatic heterocycles. The van der Waals surface area contributed by atoms with E-state index in [0.29, 0.717) is 6.54 Å². The van der Waals surface area contributed by atoms with Crippen molar-refractivity contribution in [1.29, 1.82) is 0 Å². The number of hydrogen-bond donors (Lipinski definition) is 16. The van der Waals surface area contributed by atoms with Crippen molar-refractivity contribution >= 4 is 82.5 Å². The lowest BCUT2D eigenvalue weighted by Crippen LogP contribution is -2.59. The molecule has 408 valence electrons. The first-order valence-electron chi connectivity index (χ1n) is 23.2. The summed E-state index contributed by atoms with van der Waals surface area (Å²) in [4.78, 5) is 170. The lowest BCUT2D eigenvalue weighted by Gasteiger charge is -2.26. The second kappa shape index (κ2) is 29.0. The van der Waals surface area contributed by atoms with Crippen LogP contribution < -0.4 is 64.6 Å². The number of aliphatic hydroxyl groups is 2. The number of anilines is 1. The van der Waals surface area contributed by atoms with Gasteiger partial charge in [-0.25, -0.2) is 4.79 Å². The Morgan fingerprint density at radius 1 is 0.676 bits per heavy atom. The third-order valence-corrected chi connectivity index (χ3v) is 11.4. The predicted molar refractivity (Wildman–Crippen MR) is 252 cm³/mol. The molecule has 1 saturated carbocycles. The number of cyclic esters (lactones) is 1. The minimum Gasteiger partial charge on any atom is -0.481 e. The fraction of sp³-hybridized carbons (Fsp3) is 0.568. The first kappa shape index (κ1) is 60.5. The average molecular weight is 1050 g/mol. The Labute approximate surface area is 422 Å². The number of nitrogens with one attached hydrogen (secondary N) is 10. The highest BCUT2D eigenvalue weighted by Gasteiger charge is 2.47. The molecule has 74 heavy (non-hydrogen) atoms. The Hall–Kier alpha value is -7.83. The zero-order chi connectivity index (χ0) is 55.4. The van der Waals surface area contributed by atoms with Crippen molar-refractivity contribution < 1.29 is 87.5 Å². The number of nitrogen functional groups attached to an aromatic ring is 1. The quantitative estimate of drug-likeness (QED) is 0.0378. The molecule has 3 rings (SSSR count). The summed E-state index contributed by atoms with van der Waals surface area (Å²) in [5, 5.41) is 62.2. The maximum absolute atomic E-state index is 13.9. The van der Waals surface area contributed by atoms with Gasteiger partial charge in [-0.15, -0.1) is 0 Å². The first-order chi connectivity index (χ1) is 34.8. The van der Waals surface area contributed by atoms with E-state index in [1.807, 2.05) is 0 Å². The number of carboxylic acids is 2. The predicted octanol–water partition coefficient (Wildman–Crippen LogP) is -7.53. The SMILES string of the molecule is CNCCCC1NC(=O)CNC(=O)CC(N)C(C)OC(=O)C(CC(=O)c2ccccc2N)NC(=O)C(C2CC2O)NC(=O)C(CO)NC(=O)CNC(=O)C(CC(=O)O)NC(=O)C(C)NC(=O)C(CC(=O)O)NC1=O. The van der Waals surface area contributed by atoms with E-state index >= 15 is 0 Å². The molecule has 0 radical (unpaired) electrons. The van der Waals surface area contributed by atoms with Gasteiger partial charge < -0.3 is 89.8 Å². The number of aliphatic hydroxyl groups excluding tert-OH is 2. The van der Waals surface area contributed by atoms with Crippen LogP contribution in [0.2, 0.25) is 0 Å². The smallest absolute Gasteiger partial charge is 0.329 e. The van der Waals surface area contributed by atoms with E-state index in [4.69, 9.17) is 16.2 Å². The van der Waals surface area contributed by atoms with Crippen molar-refractivity contribution in [2.75, 3.05) is 39.0 Å². The number of nitrogens with two attached hydrogens (primary N) is 2. The normalized spacial score (nSPS) is 28.0. The number of hydrogen-bond acceptors (Lipinski definition) is 19. The second-order valence-corrected chi connectivity index (χ2v) is 17.5. The van der Waals surface area contributed by atoms with Gasteiger partial charge in [-0.2, -0.15) is 0 Å². The summed E-state index contributed by atoms with van der Waals surface area (Å²) < 4.78 is 5.49. The Morgan fingerprint density at radius 2 is 1.22 bits per heavy atom. The fourth-order valence-electron chi connectivity index (χ4n) is 7.11. The van der Waals surface area contributed by atoms with Crippen molar-refractivity contribution in [2.24, 2.45) is 11.7 Å². The Balaban J connectivity index is 1.99. The van der Waals surface area contributed by atoms with Gasteiger partial charge in [0.15, 0.2) is 5.78 Å². The van der Waals surface area contributed by atoms with E-state index in [9.17, 15) is 82.8 Å². The number of aliphatic carboxylic acids is 2. The van der Waals surface area contributed by atoms with Crippen LogP contribution in [0.25, 0.3) is 0 Å². The van der Waals surface area contributed by atoms with Crippen LogP contribution >= 0.6 is 0 Å². The number of rotatable bonds is 13. The summed E-state index contributed by atoms with van der Waals surface area (Å²) in [6.45, 7) is -0.199. The molecule has 1 saturated heterocycles. The molecule has 1 heterocycles. The molecule has 30 heteroatoms. The number of carbonyl (C=O) groups is 13. The number of benzene rings is 1. The zero-order valence-electron chi connectivity index (χ0n) is 40.6. The third-order valence-electron chi connectivity index (χ3n) is 11.4. The lowest BCUT2D eigenvalue weighted by atomic mass is 10.0. The molecule has 30 nitrogen and oxygen atoms in total. The Bertz CT molecular complexity index is 2280. The standard InChI is InChI=1S/C44H64N12O18/c1-19-38(67)53-26(14-35(63)64)39(68)49-17-34(62)52-29(18-57)42(71)56-37(22-11-30(22)58)43(72)55-28(13-31(59)21-7-4-5-8-23(21)45)44(73)74-20(2)24(46)12-32(60)48-16-33(61)51-25(9-6-10-47-3)40(69)54-27(15-36(65)66)41(70)50-19/h4-5,7-8,19-20,22,24-30,37,47,57-58H,6,9-18,45-46H2,1-3H3,(H,48,60)(H,49,68)(H,50,70)(H,51,61)(H,52,62)(H,53,67)(H,54,69)(H,55,72)(H,56,71)(H,63,64)(H,65,66). The van der Waals surface area contributed by atoms with E-state index in [1.165, 1.54) is 31.2 Å². The van der Waals surface area contributed by atoms with Crippen molar-refractivity contribution in [2.45, 2.75) is 119 Å². The van der Waals surface area contributed by atoms with Gasteiger partial charge in [0.05, 0.1) is 44.7 Å². The molecule has 1 aliphatic heterocycles. The van der Waals surface area contributed by atoms with E-state index < -0.39 is 189 Å². The highest BCUT2D eigenvalue weighted by atomic mass is 16.5. The molecule has 2 fully saturated rings. The summed E-state index contributed by atoms with van der Waals surface area (Å²) in [5.74, 6) is -16.3. The molecule has 11 atom stereocenters. The topological polar surface area (TPSA) is 484 Å². The number of carbonyl (C=O) groups excluding carboxylic acids is 11. The van der Waals surface area contributed by atoms with Crippen LogP contribution in [0, 0.1) is 5.92 Å². The van der Waals surface area contributed by atoms with Crippen LogP contribution in [0.3, 0.4) is 0 Å². The summed E-state index contributed by atoms with van der Waals surface area (Å²) >= 11 is 0.